The van der Waals surface area contributed by atoms with Crippen LogP contribution in [0.5, 0.6) is 5.75 Å². The van der Waals surface area contributed by atoms with E-state index in [-0.39, 0.29) is 18.5 Å². The molecule has 6 nitrogen and oxygen atoms in total. The monoisotopic (exact) mass is 342 g/mol. The number of nitrogens with one attached hydrogen (secondary N) is 1. The lowest BCUT2D eigenvalue weighted by Gasteiger charge is -2.25. The quantitative estimate of drug-likeness (QED) is 0.785. The van der Waals surface area contributed by atoms with E-state index in [0.717, 1.165) is 29.0 Å². The van der Waals surface area contributed by atoms with Gasteiger partial charge in [0.05, 0.1) is 19.1 Å². The molecule has 0 aliphatic rings. The predicted octanol–water partition coefficient (Wildman–Crippen LogP) is 2.07. The molecule has 1 rings (SSSR count). The molecule has 7 heteroatoms. The largest absolute Gasteiger partial charge is 0.495 e. The number of ether oxygens (including phenoxy) is 1. The SMILES string of the molecule is CCC[C@@H](C)NC(=O)CN(c1cc(C)ccc1OC)S(C)(=O)=O. The fraction of sp³-hybridized carbons (Fsp3) is 0.562. The van der Waals surface area contributed by atoms with Crippen LogP contribution < -0.4 is 14.4 Å². The summed E-state index contributed by atoms with van der Waals surface area (Å²) in [6.45, 7) is 5.52. The van der Waals surface area contributed by atoms with Crippen LogP contribution in [0.1, 0.15) is 32.3 Å². The highest BCUT2D eigenvalue weighted by Gasteiger charge is 2.24. The van der Waals surface area contributed by atoms with Gasteiger partial charge in [-0.3, -0.25) is 9.10 Å². The fourth-order valence-corrected chi connectivity index (χ4v) is 3.18. The Balaban J connectivity index is 3.08. The molecule has 0 radical (unpaired) electrons. The van der Waals surface area contributed by atoms with Crippen LogP contribution >= 0.6 is 0 Å². The summed E-state index contributed by atoms with van der Waals surface area (Å²) in [4.78, 5) is 12.2. The second-order valence-corrected chi connectivity index (χ2v) is 7.61. The third-order valence-electron chi connectivity index (χ3n) is 3.42. The number of carbonyl (C=O) groups is 1. The molecule has 1 amide bonds. The van der Waals surface area contributed by atoms with Crippen molar-refractivity contribution in [3.8, 4) is 5.75 Å². The van der Waals surface area contributed by atoms with Crippen molar-refractivity contribution in [1.82, 2.24) is 5.32 Å². The lowest BCUT2D eigenvalue weighted by molar-refractivity contribution is -0.120. The highest BCUT2D eigenvalue weighted by atomic mass is 32.2. The summed E-state index contributed by atoms with van der Waals surface area (Å²) in [5.74, 6) is 0.0790. The predicted molar refractivity (Wildman–Crippen MR) is 92.4 cm³/mol. The van der Waals surface area contributed by atoms with Crippen LogP contribution in [0.25, 0.3) is 0 Å². The van der Waals surface area contributed by atoms with Crippen LogP contribution in [0.3, 0.4) is 0 Å². The third-order valence-corrected chi connectivity index (χ3v) is 4.55. The smallest absolute Gasteiger partial charge is 0.240 e. The minimum absolute atomic E-state index is 0.00770. The highest BCUT2D eigenvalue weighted by Crippen LogP contribution is 2.30. The molecule has 0 saturated heterocycles. The van der Waals surface area contributed by atoms with Gasteiger partial charge in [-0.2, -0.15) is 0 Å². The van der Waals surface area contributed by atoms with Crippen LogP contribution in [0.4, 0.5) is 5.69 Å². The summed E-state index contributed by atoms with van der Waals surface area (Å²) in [5.41, 5.74) is 1.25. The van der Waals surface area contributed by atoms with Crippen LogP contribution in [-0.4, -0.2) is 40.3 Å². The number of benzene rings is 1. The Bertz CT molecular complexity index is 643. The first kappa shape index (κ1) is 19.3. The molecule has 0 spiro atoms. The van der Waals surface area contributed by atoms with E-state index in [1.165, 1.54) is 7.11 Å². The standard InChI is InChI=1S/C16H26N2O4S/c1-6-7-13(3)17-16(19)11-18(23(5,20)21)14-10-12(2)8-9-15(14)22-4/h8-10,13H,6-7,11H2,1-5H3,(H,17,19)/t13-/m1/s1. The molecule has 0 bridgehead atoms. The minimum Gasteiger partial charge on any atom is -0.495 e. The van der Waals surface area contributed by atoms with Gasteiger partial charge in [0, 0.05) is 6.04 Å². The Hall–Kier alpha value is -1.76. The van der Waals surface area contributed by atoms with E-state index in [4.69, 9.17) is 4.74 Å². The second-order valence-electron chi connectivity index (χ2n) is 5.70. The summed E-state index contributed by atoms with van der Waals surface area (Å²) < 4.78 is 30.6. The van der Waals surface area contributed by atoms with Gasteiger partial charge in [0.1, 0.15) is 12.3 Å². The molecule has 0 aliphatic heterocycles. The van der Waals surface area contributed by atoms with Gasteiger partial charge in [-0.15, -0.1) is 0 Å². The summed E-state index contributed by atoms with van der Waals surface area (Å²) in [6.07, 6.45) is 2.87. The van der Waals surface area contributed by atoms with E-state index >= 15 is 0 Å². The number of carbonyl (C=O) groups excluding carboxylic acids is 1. The van der Waals surface area contributed by atoms with E-state index in [0.29, 0.717) is 11.4 Å². The Morgan fingerprint density at radius 1 is 1.39 bits per heavy atom. The number of aryl methyl sites for hydroxylation is 1. The van der Waals surface area contributed by atoms with Gasteiger partial charge in [0.15, 0.2) is 0 Å². The normalized spacial score (nSPS) is 12.6. The molecule has 0 heterocycles. The summed E-state index contributed by atoms with van der Waals surface area (Å²) in [6, 6.07) is 5.23. The third kappa shape index (κ3) is 5.74. The highest BCUT2D eigenvalue weighted by molar-refractivity contribution is 7.92. The Labute approximate surface area is 138 Å². The molecule has 130 valence electrons. The van der Waals surface area contributed by atoms with Crippen molar-refractivity contribution in [2.75, 3.05) is 24.2 Å². The summed E-state index contributed by atoms with van der Waals surface area (Å²) in [5, 5.41) is 2.82. The van der Waals surface area contributed by atoms with Crippen molar-refractivity contribution in [3.63, 3.8) is 0 Å². The molecule has 0 aromatic heterocycles. The zero-order valence-electron chi connectivity index (χ0n) is 14.4. The van der Waals surface area contributed by atoms with Gasteiger partial charge in [0.2, 0.25) is 15.9 Å². The maximum atomic E-state index is 12.2. The van der Waals surface area contributed by atoms with Gasteiger partial charge >= 0.3 is 0 Å². The molecule has 1 aromatic rings. The number of hydrogen-bond donors (Lipinski definition) is 1. The topological polar surface area (TPSA) is 75.7 Å². The molecule has 0 aliphatic carbocycles. The first-order valence-corrected chi connectivity index (χ1v) is 9.45. The lowest BCUT2D eigenvalue weighted by atomic mass is 10.2. The van der Waals surface area contributed by atoms with E-state index in [1.54, 1.807) is 12.1 Å². The van der Waals surface area contributed by atoms with Crippen LogP contribution in [-0.2, 0) is 14.8 Å². The molecule has 0 fully saturated rings. The first-order valence-electron chi connectivity index (χ1n) is 7.60. The number of hydrogen-bond acceptors (Lipinski definition) is 4. The van der Waals surface area contributed by atoms with E-state index in [2.05, 4.69) is 5.32 Å². The van der Waals surface area contributed by atoms with E-state index in [1.807, 2.05) is 26.8 Å². The molecule has 1 aromatic carbocycles. The van der Waals surface area contributed by atoms with Crippen LogP contribution in [0, 0.1) is 6.92 Å². The molecule has 1 N–H and O–H groups in total. The zero-order valence-corrected chi connectivity index (χ0v) is 15.2. The molecule has 1 atom stereocenters. The first-order chi connectivity index (χ1) is 10.7. The second kappa shape index (κ2) is 8.19. The number of amides is 1. The average Bonchev–Trinajstić information content (AvgIpc) is 2.43. The Kier molecular flexibility index (Phi) is 6.87. The minimum atomic E-state index is -3.62. The van der Waals surface area contributed by atoms with Crippen molar-refractivity contribution in [2.24, 2.45) is 0 Å². The lowest BCUT2D eigenvalue weighted by Crippen LogP contribution is -2.43. The number of rotatable bonds is 8. The van der Waals surface area contributed by atoms with Crippen LogP contribution in [0.15, 0.2) is 18.2 Å². The van der Waals surface area contributed by atoms with Crippen LogP contribution in [0.2, 0.25) is 0 Å². The molecular formula is C16H26N2O4S. The molecule has 0 unspecified atom stereocenters. The molecule has 0 saturated carbocycles. The van der Waals surface area contributed by atoms with Gasteiger partial charge in [0.25, 0.3) is 0 Å². The van der Waals surface area contributed by atoms with Gasteiger partial charge in [-0.25, -0.2) is 8.42 Å². The zero-order chi connectivity index (χ0) is 17.6. The average molecular weight is 342 g/mol. The number of sulfonamides is 1. The van der Waals surface area contributed by atoms with E-state index in [9.17, 15) is 13.2 Å². The van der Waals surface area contributed by atoms with Crippen molar-refractivity contribution in [3.05, 3.63) is 23.8 Å². The van der Waals surface area contributed by atoms with Crippen molar-refractivity contribution in [2.45, 2.75) is 39.7 Å². The van der Waals surface area contributed by atoms with E-state index < -0.39 is 10.0 Å². The summed E-state index contributed by atoms with van der Waals surface area (Å²) in [7, 11) is -2.15. The van der Waals surface area contributed by atoms with Crippen molar-refractivity contribution < 1.29 is 17.9 Å². The van der Waals surface area contributed by atoms with Gasteiger partial charge in [-0.05, 0) is 38.0 Å². The number of anilines is 1. The summed E-state index contributed by atoms with van der Waals surface area (Å²) >= 11 is 0. The van der Waals surface area contributed by atoms with Crippen molar-refractivity contribution >= 4 is 21.6 Å². The maximum Gasteiger partial charge on any atom is 0.240 e. The fourth-order valence-electron chi connectivity index (χ4n) is 2.33. The van der Waals surface area contributed by atoms with Gasteiger partial charge in [-0.1, -0.05) is 19.4 Å². The Morgan fingerprint density at radius 3 is 2.57 bits per heavy atom. The van der Waals surface area contributed by atoms with Crippen molar-refractivity contribution in [1.29, 1.82) is 0 Å². The number of nitrogens with zero attached hydrogens (tertiary/aromatic N) is 1. The maximum absolute atomic E-state index is 12.2. The molecule has 23 heavy (non-hydrogen) atoms. The molecular weight excluding hydrogens is 316 g/mol. The Morgan fingerprint density at radius 2 is 2.04 bits per heavy atom. The number of methoxy groups -OCH3 is 1. The van der Waals surface area contributed by atoms with Gasteiger partial charge < -0.3 is 10.1 Å².